The van der Waals surface area contributed by atoms with Gasteiger partial charge in [-0.1, -0.05) is 37.3 Å². The average Bonchev–Trinajstić information content (AvgIpc) is 3.22. The van der Waals surface area contributed by atoms with E-state index in [4.69, 9.17) is 0 Å². The summed E-state index contributed by atoms with van der Waals surface area (Å²) >= 11 is 3.69. The molecule has 3 rings (SSSR count). The third kappa shape index (κ3) is 3.67. The molecule has 23 heavy (non-hydrogen) atoms. The standard InChI is InChI=1S/C20H25NS2/c1-4-6-18(21-14-5-7-15(21)2)16-8-10-17(11-9-16)19-12-13-20(22-3)23-19/h6,8-13,15H,4-5,7,14H2,1-3H3/b18-6+. The zero-order valence-electron chi connectivity index (χ0n) is 14.2. The second-order valence-corrected chi connectivity index (χ2v) is 8.27. The van der Waals surface area contributed by atoms with Crippen LogP contribution in [0.3, 0.4) is 0 Å². The lowest BCUT2D eigenvalue weighted by Crippen LogP contribution is -2.25. The van der Waals surface area contributed by atoms with Crippen molar-refractivity contribution in [1.82, 2.24) is 4.90 Å². The van der Waals surface area contributed by atoms with Gasteiger partial charge in [0.1, 0.15) is 0 Å². The fourth-order valence-corrected chi connectivity index (χ4v) is 4.83. The number of thioether (sulfide) groups is 1. The van der Waals surface area contributed by atoms with Gasteiger partial charge in [-0.15, -0.1) is 23.1 Å². The highest BCUT2D eigenvalue weighted by Crippen LogP contribution is 2.34. The van der Waals surface area contributed by atoms with Crippen molar-refractivity contribution in [2.45, 2.75) is 43.4 Å². The highest BCUT2D eigenvalue weighted by Gasteiger charge is 2.22. The normalized spacial score (nSPS) is 18.7. The number of hydrogen-bond donors (Lipinski definition) is 0. The zero-order valence-corrected chi connectivity index (χ0v) is 15.8. The number of rotatable bonds is 5. The molecule has 0 N–H and O–H groups in total. The van der Waals surface area contributed by atoms with Crippen LogP contribution in [0, 0.1) is 0 Å². The second kappa shape index (κ2) is 7.59. The van der Waals surface area contributed by atoms with E-state index in [1.807, 2.05) is 23.1 Å². The summed E-state index contributed by atoms with van der Waals surface area (Å²) in [7, 11) is 0. The van der Waals surface area contributed by atoms with Crippen LogP contribution in [-0.4, -0.2) is 23.7 Å². The summed E-state index contributed by atoms with van der Waals surface area (Å²) in [6, 6.07) is 14.2. The van der Waals surface area contributed by atoms with Crippen LogP contribution >= 0.6 is 23.1 Å². The third-order valence-electron chi connectivity index (χ3n) is 4.51. The largest absolute Gasteiger partial charge is 0.369 e. The molecule has 3 heteroatoms. The van der Waals surface area contributed by atoms with Crippen LogP contribution in [-0.2, 0) is 0 Å². The van der Waals surface area contributed by atoms with Crippen LogP contribution in [0.1, 0.15) is 38.7 Å². The zero-order chi connectivity index (χ0) is 16.2. The predicted octanol–water partition coefficient (Wildman–Crippen LogP) is 6.37. The monoisotopic (exact) mass is 343 g/mol. The van der Waals surface area contributed by atoms with E-state index in [1.54, 1.807) is 0 Å². The Balaban J connectivity index is 1.86. The minimum atomic E-state index is 0.661. The molecule has 1 aliphatic rings. The number of benzene rings is 1. The highest BCUT2D eigenvalue weighted by molar-refractivity contribution is 8.00. The van der Waals surface area contributed by atoms with Crippen molar-refractivity contribution in [2.75, 3.05) is 12.8 Å². The first-order valence-electron chi connectivity index (χ1n) is 8.44. The van der Waals surface area contributed by atoms with E-state index in [9.17, 15) is 0 Å². The first kappa shape index (κ1) is 16.7. The Morgan fingerprint density at radius 3 is 2.61 bits per heavy atom. The fourth-order valence-electron chi connectivity index (χ4n) is 3.28. The molecule has 2 heterocycles. The van der Waals surface area contributed by atoms with Crippen molar-refractivity contribution >= 4 is 28.8 Å². The summed E-state index contributed by atoms with van der Waals surface area (Å²) in [5.41, 5.74) is 4.09. The molecule has 1 aliphatic heterocycles. The quantitative estimate of drug-likeness (QED) is 0.580. The van der Waals surface area contributed by atoms with Crippen LogP contribution in [0.2, 0.25) is 0 Å². The molecule has 0 bridgehead atoms. The Labute approximate surface area is 148 Å². The Kier molecular flexibility index (Phi) is 5.50. The molecule has 0 saturated carbocycles. The minimum Gasteiger partial charge on any atom is -0.369 e. The smallest absolute Gasteiger partial charge is 0.0602 e. The lowest BCUT2D eigenvalue weighted by molar-refractivity contribution is 0.392. The van der Waals surface area contributed by atoms with Crippen molar-refractivity contribution in [2.24, 2.45) is 0 Å². The highest BCUT2D eigenvalue weighted by atomic mass is 32.2. The first-order valence-corrected chi connectivity index (χ1v) is 10.5. The Bertz CT molecular complexity index is 669. The van der Waals surface area contributed by atoms with E-state index in [0.29, 0.717) is 6.04 Å². The van der Waals surface area contributed by atoms with Gasteiger partial charge >= 0.3 is 0 Å². The number of allylic oxidation sites excluding steroid dienone is 1. The summed E-state index contributed by atoms with van der Waals surface area (Å²) < 4.78 is 1.38. The van der Waals surface area contributed by atoms with Gasteiger partial charge in [0.2, 0.25) is 0 Å². The topological polar surface area (TPSA) is 3.24 Å². The van der Waals surface area contributed by atoms with Gasteiger partial charge < -0.3 is 4.90 Å². The van der Waals surface area contributed by atoms with Crippen LogP contribution < -0.4 is 0 Å². The van der Waals surface area contributed by atoms with Gasteiger partial charge in [0, 0.05) is 23.2 Å². The van der Waals surface area contributed by atoms with E-state index in [1.165, 1.54) is 45.3 Å². The van der Waals surface area contributed by atoms with Crippen molar-refractivity contribution in [3.8, 4) is 10.4 Å². The maximum atomic E-state index is 2.58. The molecule has 2 aromatic rings. The van der Waals surface area contributed by atoms with Gasteiger partial charge in [0.25, 0.3) is 0 Å². The van der Waals surface area contributed by atoms with Crippen molar-refractivity contribution in [3.63, 3.8) is 0 Å². The lowest BCUT2D eigenvalue weighted by atomic mass is 10.1. The number of hydrogen-bond acceptors (Lipinski definition) is 3. The Morgan fingerprint density at radius 1 is 1.26 bits per heavy atom. The molecule has 1 nitrogen and oxygen atoms in total. The van der Waals surface area contributed by atoms with Gasteiger partial charge in [0.15, 0.2) is 0 Å². The molecule has 0 spiro atoms. The fraction of sp³-hybridized carbons (Fsp3) is 0.400. The number of likely N-dealkylation sites (tertiary alicyclic amines) is 1. The van der Waals surface area contributed by atoms with Gasteiger partial charge in [-0.3, -0.25) is 0 Å². The maximum absolute atomic E-state index is 2.58. The van der Waals surface area contributed by atoms with E-state index in [0.717, 1.165) is 6.42 Å². The molecule has 1 atom stereocenters. The van der Waals surface area contributed by atoms with Gasteiger partial charge in [-0.25, -0.2) is 0 Å². The lowest BCUT2D eigenvalue weighted by Gasteiger charge is -2.27. The van der Waals surface area contributed by atoms with Gasteiger partial charge in [-0.05, 0) is 55.7 Å². The number of nitrogens with zero attached hydrogens (tertiary/aromatic N) is 1. The molecule has 1 unspecified atom stereocenters. The maximum Gasteiger partial charge on any atom is 0.0602 e. The Morgan fingerprint density at radius 2 is 2.04 bits per heavy atom. The summed E-state index contributed by atoms with van der Waals surface area (Å²) in [6.45, 7) is 5.77. The summed E-state index contributed by atoms with van der Waals surface area (Å²) in [5, 5.41) is 0. The first-order chi connectivity index (χ1) is 11.2. The third-order valence-corrected chi connectivity index (χ3v) is 6.73. The molecule has 1 saturated heterocycles. The molecule has 122 valence electrons. The van der Waals surface area contributed by atoms with Gasteiger partial charge in [0.05, 0.1) is 4.21 Å². The average molecular weight is 344 g/mol. The van der Waals surface area contributed by atoms with Crippen molar-refractivity contribution < 1.29 is 0 Å². The summed E-state index contributed by atoms with van der Waals surface area (Å²) in [6.07, 6.45) is 8.23. The number of thiophene rings is 1. The predicted molar refractivity (Wildman–Crippen MR) is 105 cm³/mol. The van der Waals surface area contributed by atoms with Crippen LogP contribution in [0.4, 0.5) is 0 Å². The van der Waals surface area contributed by atoms with Gasteiger partial charge in [-0.2, -0.15) is 0 Å². The van der Waals surface area contributed by atoms with Crippen LogP contribution in [0.25, 0.3) is 16.1 Å². The molecule has 1 aromatic carbocycles. The minimum absolute atomic E-state index is 0.661. The van der Waals surface area contributed by atoms with Crippen LogP contribution in [0.5, 0.6) is 0 Å². The van der Waals surface area contributed by atoms with E-state index < -0.39 is 0 Å². The molecule has 1 aromatic heterocycles. The molecular formula is C20H25NS2. The summed E-state index contributed by atoms with van der Waals surface area (Å²) in [4.78, 5) is 3.94. The SMILES string of the molecule is CC/C=C(\c1ccc(-c2ccc(SC)s2)cc1)N1CCCC1C. The molecule has 1 fully saturated rings. The van der Waals surface area contributed by atoms with Crippen molar-refractivity contribution in [3.05, 3.63) is 48.0 Å². The second-order valence-electron chi connectivity index (χ2n) is 6.08. The Hall–Kier alpha value is -1.19. The van der Waals surface area contributed by atoms with E-state index in [2.05, 4.69) is 67.5 Å². The van der Waals surface area contributed by atoms with Crippen molar-refractivity contribution in [1.29, 1.82) is 0 Å². The molecule has 0 amide bonds. The van der Waals surface area contributed by atoms with E-state index in [-0.39, 0.29) is 0 Å². The molecule has 0 aliphatic carbocycles. The molecule has 0 radical (unpaired) electrons. The van der Waals surface area contributed by atoms with Crippen LogP contribution in [0.15, 0.2) is 46.7 Å². The molecular weight excluding hydrogens is 318 g/mol. The summed E-state index contributed by atoms with van der Waals surface area (Å²) in [5.74, 6) is 0. The van der Waals surface area contributed by atoms with E-state index >= 15 is 0 Å².